The number of ketones is 1. The monoisotopic (exact) mass is 416 g/mol. The van der Waals surface area contributed by atoms with Crippen molar-refractivity contribution in [3.05, 3.63) is 31.8 Å². The van der Waals surface area contributed by atoms with Gasteiger partial charge < -0.3 is 0 Å². The van der Waals surface area contributed by atoms with Crippen molar-refractivity contribution in [1.29, 1.82) is 0 Å². The van der Waals surface area contributed by atoms with Crippen LogP contribution in [-0.4, -0.2) is 5.78 Å². The first-order valence-corrected chi connectivity index (χ1v) is 6.40. The molecule has 70 valence electrons. The van der Waals surface area contributed by atoms with E-state index in [9.17, 15) is 4.79 Å². The number of halogens is 3. The summed E-state index contributed by atoms with van der Waals surface area (Å²) in [6, 6.07) is 5.90. The van der Waals surface area contributed by atoms with Gasteiger partial charge >= 0.3 is 0 Å². The molecule has 0 fully saturated rings. The highest BCUT2D eigenvalue weighted by Crippen LogP contribution is 2.28. The predicted octanol–water partition coefficient (Wildman–Crippen LogP) is 4.08. The molecule has 0 saturated heterocycles. The van der Waals surface area contributed by atoms with Gasteiger partial charge in [0.05, 0.1) is 4.83 Å². The third kappa shape index (κ3) is 3.02. The maximum atomic E-state index is 11.1. The molecular weight excluding hydrogens is 411 g/mol. The van der Waals surface area contributed by atoms with Crippen LogP contribution in [0.2, 0.25) is 0 Å². The van der Waals surface area contributed by atoms with Crippen LogP contribution >= 0.6 is 54.5 Å². The van der Waals surface area contributed by atoms with Gasteiger partial charge in [0, 0.05) is 8.04 Å². The van der Waals surface area contributed by atoms with Crippen LogP contribution < -0.4 is 0 Å². The first-order valence-electron chi connectivity index (χ1n) is 3.62. The fourth-order valence-electron chi connectivity index (χ4n) is 0.905. The number of benzene rings is 1. The van der Waals surface area contributed by atoms with Crippen LogP contribution in [0.1, 0.15) is 17.3 Å². The second-order valence-electron chi connectivity index (χ2n) is 2.65. The molecule has 0 spiro atoms. The second-order valence-corrected chi connectivity index (χ2v) is 5.58. The summed E-state index contributed by atoms with van der Waals surface area (Å²) in [6.45, 7) is 1.57. The van der Waals surface area contributed by atoms with E-state index in [0.717, 1.165) is 13.6 Å². The van der Waals surface area contributed by atoms with Gasteiger partial charge in [-0.3, -0.25) is 4.79 Å². The summed E-state index contributed by atoms with van der Waals surface area (Å²) in [5, 5.41) is 0. The average molecular weight is 418 g/mol. The lowest BCUT2D eigenvalue weighted by molar-refractivity contribution is -0.116. The smallest absolute Gasteiger partial charge is 0.147 e. The lowest BCUT2D eigenvalue weighted by atomic mass is 10.1. The molecule has 1 unspecified atom stereocenters. The molecule has 0 bridgehead atoms. The predicted molar refractivity (Wildman–Crippen MR) is 69.2 cm³/mol. The topological polar surface area (TPSA) is 17.1 Å². The number of alkyl halides is 1. The van der Waals surface area contributed by atoms with Gasteiger partial charge in [0.2, 0.25) is 0 Å². The Morgan fingerprint density at radius 2 is 2.15 bits per heavy atom. The van der Waals surface area contributed by atoms with Crippen LogP contribution in [-0.2, 0) is 4.79 Å². The highest BCUT2D eigenvalue weighted by atomic mass is 127. The lowest BCUT2D eigenvalue weighted by Gasteiger charge is -2.07. The minimum atomic E-state index is -0.194. The fourth-order valence-corrected chi connectivity index (χ4v) is 1.92. The molecule has 1 nitrogen and oxygen atoms in total. The van der Waals surface area contributed by atoms with Crippen LogP contribution in [0.3, 0.4) is 0 Å². The van der Waals surface area contributed by atoms with Crippen LogP contribution in [0, 0.1) is 3.57 Å². The van der Waals surface area contributed by atoms with E-state index in [-0.39, 0.29) is 10.6 Å². The SMILES string of the molecule is CC(=O)C(Br)c1ccc(I)c(Br)c1. The van der Waals surface area contributed by atoms with E-state index < -0.39 is 0 Å². The molecule has 0 aliphatic rings. The maximum absolute atomic E-state index is 11.1. The number of carbonyl (C=O) groups excluding carboxylic acids is 1. The van der Waals surface area contributed by atoms with Crippen molar-refractivity contribution >= 4 is 60.2 Å². The van der Waals surface area contributed by atoms with E-state index in [1.165, 1.54) is 0 Å². The van der Waals surface area contributed by atoms with Crippen molar-refractivity contribution in [2.45, 2.75) is 11.8 Å². The molecule has 0 heterocycles. The summed E-state index contributed by atoms with van der Waals surface area (Å²) >= 11 is 8.99. The minimum Gasteiger partial charge on any atom is -0.298 e. The fraction of sp³-hybridized carbons (Fsp3) is 0.222. The van der Waals surface area contributed by atoms with Gasteiger partial charge in [-0.15, -0.1) is 0 Å². The van der Waals surface area contributed by atoms with Crippen molar-refractivity contribution in [3.63, 3.8) is 0 Å². The lowest BCUT2D eigenvalue weighted by Crippen LogP contribution is -2.00. The summed E-state index contributed by atoms with van der Waals surface area (Å²) < 4.78 is 2.17. The van der Waals surface area contributed by atoms with Crippen LogP contribution in [0.5, 0.6) is 0 Å². The molecule has 0 saturated carbocycles. The molecule has 4 heteroatoms. The Labute approximate surface area is 108 Å². The third-order valence-corrected chi connectivity index (χ3v) is 5.10. The van der Waals surface area contributed by atoms with Crippen molar-refractivity contribution in [1.82, 2.24) is 0 Å². The number of carbonyl (C=O) groups is 1. The first kappa shape index (κ1) is 11.7. The quantitative estimate of drug-likeness (QED) is 0.523. The van der Waals surface area contributed by atoms with Crippen molar-refractivity contribution in [2.24, 2.45) is 0 Å². The highest BCUT2D eigenvalue weighted by molar-refractivity contribution is 14.1. The van der Waals surface area contributed by atoms with Gasteiger partial charge in [0.1, 0.15) is 5.78 Å². The van der Waals surface area contributed by atoms with E-state index in [1.54, 1.807) is 6.92 Å². The summed E-state index contributed by atoms with van der Waals surface area (Å²) in [7, 11) is 0. The molecule has 0 aliphatic carbocycles. The summed E-state index contributed by atoms with van der Waals surface area (Å²) in [5.74, 6) is 0.119. The van der Waals surface area contributed by atoms with Crippen molar-refractivity contribution in [2.75, 3.05) is 0 Å². The van der Waals surface area contributed by atoms with Crippen LogP contribution in [0.4, 0.5) is 0 Å². The van der Waals surface area contributed by atoms with Crippen LogP contribution in [0.15, 0.2) is 22.7 Å². The number of Topliss-reactive ketones (excluding diaryl/α,β-unsaturated/α-hetero) is 1. The van der Waals surface area contributed by atoms with Gasteiger partial charge in [-0.25, -0.2) is 0 Å². The molecule has 1 aromatic rings. The Morgan fingerprint density at radius 3 is 2.62 bits per heavy atom. The van der Waals surface area contributed by atoms with E-state index in [4.69, 9.17) is 0 Å². The average Bonchev–Trinajstić information content (AvgIpc) is 2.08. The number of hydrogen-bond donors (Lipinski definition) is 0. The molecule has 0 aromatic heterocycles. The normalized spacial score (nSPS) is 12.6. The Hall–Kier alpha value is 0.580. The zero-order valence-electron chi connectivity index (χ0n) is 6.85. The summed E-state index contributed by atoms with van der Waals surface area (Å²) in [4.78, 5) is 10.9. The molecule has 13 heavy (non-hydrogen) atoms. The Bertz CT molecular complexity index is 338. The molecule has 1 aromatic carbocycles. The highest BCUT2D eigenvalue weighted by Gasteiger charge is 2.12. The van der Waals surface area contributed by atoms with Gasteiger partial charge in [-0.05, 0) is 63.1 Å². The largest absolute Gasteiger partial charge is 0.298 e. The molecule has 1 atom stereocenters. The zero-order valence-corrected chi connectivity index (χ0v) is 12.2. The summed E-state index contributed by atoms with van der Waals surface area (Å²) in [5.41, 5.74) is 0.986. The van der Waals surface area contributed by atoms with Gasteiger partial charge in [0.25, 0.3) is 0 Å². The molecule has 0 radical (unpaired) electrons. The first-order chi connectivity index (χ1) is 6.02. The molecule has 1 rings (SSSR count). The van der Waals surface area contributed by atoms with E-state index in [0.29, 0.717) is 0 Å². The van der Waals surface area contributed by atoms with Crippen molar-refractivity contribution < 1.29 is 4.79 Å². The standard InChI is InChI=1S/C9H7Br2IO/c1-5(13)9(11)6-2-3-8(12)7(10)4-6/h2-4,9H,1H3. The number of hydrogen-bond acceptors (Lipinski definition) is 1. The number of rotatable bonds is 2. The van der Waals surface area contributed by atoms with E-state index in [1.807, 2.05) is 18.2 Å². The third-order valence-electron chi connectivity index (χ3n) is 1.59. The minimum absolute atomic E-state index is 0.119. The Balaban J connectivity index is 3.03. The van der Waals surface area contributed by atoms with Crippen LogP contribution in [0.25, 0.3) is 0 Å². The maximum Gasteiger partial charge on any atom is 0.147 e. The van der Waals surface area contributed by atoms with E-state index >= 15 is 0 Å². The van der Waals surface area contributed by atoms with Gasteiger partial charge in [-0.2, -0.15) is 0 Å². The van der Waals surface area contributed by atoms with Crippen molar-refractivity contribution in [3.8, 4) is 0 Å². The second kappa shape index (κ2) is 4.89. The molecule has 0 N–H and O–H groups in total. The molecule has 0 amide bonds. The Morgan fingerprint density at radius 1 is 1.54 bits per heavy atom. The molecule has 0 aliphatic heterocycles. The van der Waals surface area contributed by atoms with E-state index in [2.05, 4.69) is 54.5 Å². The Kier molecular flexibility index (Phi) is 4.38. The summed E-state index contributed by atoms with van der Waals surface area (Å²) in [6.07, 6.45) is 0. The zero-order chi connectivity index (χ0) is 10.0. The van der Waals surface area contributed by atoms with Gasteiger partial charge in [-0.1, -0.05) is 22.0 Å². The van der Waals surface area contributed by atoms with Gasteiger partial charge in [0.15, 0.2) is 0 Å². The molecular formula is C9H7Br2IO.